The molecule has 0 unspecified atom stereocenters. The average molecular weight is 494 g/mol. The second kappa shape index (κ2) is 8.74. The monoisotopic (exact) mass is 493 g/mol. The zero-order chi connectivity index (χ0) is 21.2. The van der Waals surface area contributed by atoms with Gasteiger partial charge in [0.2, 0.25) is 10.0 Å². The summed E-state index contributed by atoms with van der Waals surface area (Å²) in [6.45, 7) is 3.60. The molecule has 0 bridgehead atoms. The van der Waals surface area contributed by atoms with Crippen molar-refractivity contribution in [3.05, 3.63) is 63.9 Å². The van der Waals surface area contributed by atoms with Crippen LogP contribution >= 0.6 is 27.3 Å². The molecule has 0 spiro atoms. The average Bonchev–Trinajstić information content (AvgIpc) is 3.16. The number of hydrogen-bond acceptors (Lipinski definition) is 5. The highest BCUT2D eigenvalue weighted by Gasteiger charge is 2.23. The molecule has 0 aliphatic heterocycles. The first-order valence-corrected chi connectivity index (χ1v) is 11.9. The normalized spacial score (nSPS) is 11.8. The van der Waals surface area contributed by atoms with Crippen LogP contribution in [-0.4, -0.2) is 36.7 Å². The van der Waals surface area contributed by atoms with Crippen LogP contribution < -0.4 is 5.32 Å². The van der Waals surface area contributed by atoms with E-state index < -0.39 is 10.0 Å². The van der Waals surface area contributed by atoms with Crippen LogP contribution in [0.15, 0.2) is 63.3 Å². The fourth-order valence-electron chi connectivity index (χ4n) is 2.48. The van der Waals surface area contributed by atoms with Crippen LogP contribution in [0.2, 0.25) is 0 Å². The number of benzene rings is 2. The molecule has 6 nitrogen and oxygen atoms in total. The summed E-state index contributed by atoms with van der Waals surface area (Å²) >= 11 is 4.73. The van der Waals surface area contributed by atoms with Crippen molar-refractivity contribution in [1.82, 2.24) is 9.29 Å². The standard InChI is InChI=1S/C20H20BrN3O3S2/c1-13(2)24(3)29(26,27)17-10-6-15(7-11-17)19(25)23-20-22-18(12-28-20)14-4-8-16(21)9-5-14/h4-13H,1-3H3,(H,22,23,25). The van der Waals surface area contributed by atoms with Gasteiger partial charge in [-0.3, -0.25) is 10.1 Å². The second-order valence-electron chi connectivity index (χ2n) is 6.64. The van der Waals surface area contributed by atoms with Crippen molar-refractivity contribution in [3.8, 4) is 11.3 Å². The molecule has 29 heavy (non-hydrogen) atoms. The highest BCUT2D eigenvalue weighted by molar-refractivity contribution is 9.10. The Morgan fingerprint density at radius 3 is 2.31 bits per heavy atom. The SMILES string of the molecule is CC(C)N(C)S(=O)(=O)c1ccc(C(=O)Nc2nc(-c3ccc(Br)cc3)cs2)cc1. The maximum absolute atomic E-state index is 12.5. The largest absolute Gasteiger partial charge is 0.298 e. The van der Waals surface area contributed by atoms with Crippen molar-refractivity contribution in [2.75, 3.05) is 12.4 Å². The summed E-state index contributed by atoms with van der Waals surface area (Å²) in [4.78, 5) is 17.1. The van der Waals surface area contributed by atoms with Crippen LogP contribution in [-0.2, 0) is 10.0 Å². The Bertz CT molecular complexity index is 1110. The molecule has 2 aromatic carbocycles. The molecule has 1 N–H and O–H groups in total. The third-order valence-corrected chi connectivity index (χ3v) is 7.72. The lowest BCUT2D eigenvalue weighted by Crippen LogP contribution is -2.33. The number of amides is 1. The van der Waals surface area contributed by atoms with Gasteiger partial charge < -0.3 is 0 Å². The van der Waals surface area contributed by atoms with Gasteiger partial charge in [0.05, 0.1) is 10.6 Å². The maximum Gasteiger partial charge on any atom is 0.257 e. The molecular formula is C20H20BrN3O3S2. The number of sulfonamides is 1. The number of carbonyl (C=O) groups is 1. The third kappa shape index (κ3) is 4.92. The highest BCUT2D eigenvalue weighted by Crippen LogP contribution is 2.26. The minimum Gasteiger partial charge on any atom is -0.298 e. The van der Waals surface area contributed by atoms with Crippen LogP contribution in [0.25, 0.3) is 11.3 Å². The van der Waals surface area contributed by atoms with E-state index in [1.165, 1.54) is 47.0 Å². The minimum absolute atomic E-state index is 0.150. The van der Waals surface area contributed by atoms with Gasteiger partial charge in [-0.25, -0.2) is 13.4 Å². The van der Waals surface area contributed by atoms with Crippen LogP contribution in [0.4, 0.5) is 5.13 Å². The number of halogens is 1. The van der Waals surface area contributed by atoms with E-state index in [9.17, 15) is 13.2 Å². The van der Waals surface area contributed by atoms with E-state index in [1.807, 2.05) is 29.6 Å². The molecule has 0 atom stereocenters. The van der Waals surface area contributed by atoms with E-state index in [1.54, 1.807) is 13.8 Å². The highest BCUT2D eigenvalue weighted by atomic mass is 79.9. The quantitative estimate of drug-likeness (QED) is 0.531. The zero-order valence-electron chi connectivity index (χ0n) is 16.1. The Morgan fingerprint density at radius 1 is 1.10 bits per heavy atom. The van der Waals surface area contributed by atoms with Gasteiger partial charge in [0.15, 0.2) is 5.13 Å². The molecule has 0 aliphatic rings. The number of anilines is 1. The molecule has 1 amide bonds. The van der Waals surface area contributed by atoms with Crippen LogP contribution in [0.3, 0.4) is 0 Å². The molecule has 0 fully saturated rings. The molecular weight excluding hydrogens is 474 g/mol. The van der Waals surface area contributed by atoms with Gasteiger partial charge in [-0.2, -0.15) is 4.31 Å². The van der Waals surface area contributed by atoms with E-state index in [0.717, 1.165) is 15.7 Å². The predicted octanol–water partition coefficient (Wildman–Crippen LogP) is 4.85. The number of carbonyl (C=O) groups excluding carboxylic acids is 1. The van der Waals surface area contributed by atoms with E-state index in [4.69, 9.17) is 0 Å². The van der Waals surface area contributed by atoms with Gasteiger partial charge in [0.1, 0.15) is 0 Å². The Morgan fingerprint density at radius 2 is 1.72 bits per heavy atom. The van der Waals surface area contributed by atoms with Gasteiger partial charge in [-0.1, -0.05) is 28.1 Å². The number of rotatable bonds is 6. The Balaban J connectivity index is 1.73. The summed E-state index contributed by atoms with van der Waals surface area (Å²) in [6, 6.07) is 13.5. The van der Waals surface area contributed by atoms with Crippen LogP contribution in [0, 0.1) is 0 Å². The Hall–Kier alpha value is -2.07. The van der Waals surface area contributed by atoms with Gasteiger partial charge in [0.25, 0.3) is 5.91 Å². The van der Waals surface area contributed by atoms with Crippen molar-refractivity contribution in [3.63, 3.8) is 0 Å². The van der Waals surface area contributed by atoms with E-state index in [-0.39, 0.29) is 16.8 Å². The molecule has 0 aliphatic carbocycles. The van der Waals surface area contributed by atoms with Crippen molar-refractivity contribution in [2.24, 2.45) is 0 Å². The number of aromatic nitrogens is 1. The summed E-state index contributed by atoms with van der Waals surface area (Å²) in [5.41, 5.74) is 2.08. The molecule has 3 rings (SSSR count). The molecule has 1 heterocycles. The van der Waals surface area contributed by atoms with Crippen LogP contribution in [0.5, 0.6) is 0 Å². The summed E-state index contributed by atoms with van der Waals surface area (Å²) < 4.78 is 27.3. The summed E-state index contributed by atoms with van der Waals surface area (Å²) in [5, 5.41) is 5.11. The lowest BCUT2D eigenvalue weighted by atomic mass is 10.2. The molecule has 0 saturated heterocycles. The van der Waals surface area contributed by atoms with Crippen molar-refractivity contribution in [2.45, 2.75) is 24.8 Å². The second-order valence-corrected chi connectivity index (χ2v) is 10.4. The van der Waals surface area contributed by atoms with Crippen molar-refractivity contribution >= 4 is 48.3 Å². The van der Waals surface area contributed by atoms with Crippen LogP contribution in [0.1, 0.15) is 24.2 Å². The van der Waals surface area contributed by atoms with Gasteiger partial charge in [-0.05, 0) is 50.2 Å². The van der Waals surface area contributed by atoms with Gasteiger partial charge in [-0.15, -0.1) is 11.3 Å². The van der Waals surface area contributed by atoms with Crippen molar-refractivity contribution < 1.29 is 13.2 Å². The van der Waals surface area contributed by atoms with Gasteiger partial charge >= 0.3 is 0 Å². The molecule has 3 aromatic rings. The number of hydrogen-bond donors (Lipinski definition) is 1. The first-order chi connectivity index (χ1) is 13.7. The zero-order valence-corrected chi connectivity index (χ0v) is 19.3. The topological polar surface area (TPSA) is 79.4 Å². The molecule has 0 radical (unpaired) electrons. The summed E-state index contributed by atoms with van der Waals surface area (Å²) in [6.07, 6.45) is 0. The number of thiazole rings is 1. The Kier molecular flexibility index (Phi) is 6.52. The fraction of sp³-hybridized carbons (Fsp3) is 0.200. The first-order valence-electron chi connectivity index (χ1n) is 8.79. The smallest absolute Gasteiger partial charge is 0.257 e. The maximum atomic E-state index is 12.5. The molecule has 1 aromatic heterocycles. The molecule has 152 valence electrons. The first kappa shape index (κ1) is 21.6. The lowest BCUT2D eigenvalue weighted by molar-refractivity contribution is 0.102. The van der Waals surface area contributed by atoms with E-state index in [0.29, 0.717) is 10.7 Å². The predicted molar refractivity (Wildman–Crippen MR) is 120 cm³/mol. The lowest BCUT2D eigenvalue weighted by Gasteiger charge is -2.20. The number of nitrogens with one attached hydrogen (secondary N) is 1. The van der Waals surface area contributed by atoms with Crippen molar-refractivity contribution in [1.29, 1.82) is 0 Å². The fourth-order valence-corrected chi connectivity index (χ4v) is 4.82. The molecule has 0 saturated carbocycles. The minimum atomic E-state index is -3.58. The van der Waals surface area contributed by atoms with E-state index >= 15 is 0 Å². The Labute approximate surface area is 182 Å². The number of nitrogens with zero attached hydrogens (tertiary/aromatic N) is 2. The summed E-state index contributed by atoms with van der Waals surface area (Å²) in [5.74, 6) is -0.345. The van der Waals surface area contributed by atoms with Gasteiger partial charge in [0, 0.05) is 34.1 Å². The van der Waals surface area contributed by atoms with E-state index in [2.05, 4.69) is 26.2 Å². The third-order valence-electron chi connectivity index (χ3n) is 4.39. The summed E-state index contributed by atoms with van der Waals surface area (Å²) in [7, 11) is -2.05. The molecule has 9 heteroatoms.